The number of aromatic nitrogens is 1. The summed E-state index contributed by atoms with van der Waals surface area (Å²) in [6.45, 7) is 0. The van der Waals surface area contributed by atoms with Gasteiger partial charge in [0, 0.05) is 12.1 Å². The van der Waals surface area contributed by atoms with Gasteiger partial charge in [-0.3, -0.25) is 20.4 Å². The molecule has 1 aliphatic carbocycles. The second-order valence-corrected chi connectivity index (χ2v) is 3.89. The summed E-state index contributed by atoms with van der Waals surface area (Å²) in [7, 11) is 0. The lowest BCUT2D eigenvalue weighted by molar-refractivity contribution is -0.123. The molecule has 0 spiro atoms. The Morgan fingerprint density at radius 1 is 1.40 bits per heavy atom. The van der Waals surface area contributed by atoms with Gasteiger partial charge in [0.25, 0.3) is 5.91 Å². The molecule has 0 bridgehead atoms. The van der Waals surface area contributed by atoms with E-state index in [9.17, 15) is 9.59 Å². The van der Waals surface area contributed by atoms with E-state index in [1.165, 1.54) is 12.3 Å². The zero-order chi connectivity index (χ0) is 10.8. The molecule has 2 amide bonds. The van der Waals surface area contributed by atoms with Crippen LogP contribution in [-0.2, 0) is 4.79 Å². The molecule has 1 heterocycles. The van der Waals surface area contributed by atoms with Crippen molar-refractivity contribution in [3.63, 3.8) is 0 Å². The van der Waals surface area contributed by atoms with E-state index in [1.54, 1.807) is 0 Å². The van der Waals surface area contributed by atoms with Crippen LogP contribution in [0.3, 0.4) is 0 Å². The number of carbonyl (C=O) groups excluding carboxylic acids is 2. The third-order valence-electron chi connectivity index (χ3n) is 2.14. The first-order chi connectivity index (χ1) is 7.16. The van der Waals surface area contributed by atoms with Crippen LogP contribution in [0.15, 0.2) is 12.3 Å². The van der Waals surface area contributed by atoms with E-state index < -0.39 is 5.91 Å². The Morgan fingerprint density at radius 2 is 2.13 bits per heavy atom. The minimum atomic E-state index is -0.407. The maximum Gasteiger partial charge on any atom is 0.286 e. The molecule has 1 aromatic rings. The largest absolute Gasteiger partial charge is 0.356 e. The number of nitrogens with one attached hydrogen (secondary N) is 3. The van der Waals surface area contributed by atoms with Crippen molar-refractivity contribution in [3.05, 3.63) is 23.0 Å². The molecule has 5 nitrogen and oxygen atoms in total. The molecular formula is C9H10ClN3O2. The Balaban J connectivity index is 1.84. The molecule has 0 aliphatic heterocycles. The number of hydrazine groups is 1. The Hall–Kier alpha value is -1.49. The molecule has 15 heavy (non-hydrogen) atoms. The summed E-state index contributed by atoms with van der Waals surface area (Å²) in [5, 5.41) is 0.452. The summed E-state index contributed by atoms with van der Waals surface area (Å²) in [4.78, 5) is 25.3. The van der Waals surface area contributed by atoms with E-state index >= 15 is 0 Å². The molecule has 0 atom stereocenters. The first kappa shape index (κ1) is 10.0. The van der Waals surface area contributed by atoms with Crippen LogP contribution < -0.4 is 10.9 Å². The third-order valence-corrected chi connectivity index (χ3v) is 2.36. The maximum atomic E-state index is 11.4. The number of amides is 2. The zero-order valence-corrected chi connectivity index (χ0v) is 8.60. The fourth-order valence-electron chi connectivity index (χ4n) is 1.13. The van der Waals surface area contributed by atoms with Gasteiger partial charge in [-0.15, -0.1) is 0 Å². The van der Waals surface area contributed by atoms with Crippen LogP contribution in [0.25, 0.3) is 0 Å². The van der Waals surface area contributed by atoms with E-state index in [0.29, 0.717) is 10.7 Å². The van der Waals surface area contributed by atoms with Gasteiger partial charge in [-0.1, -0.05) is 11.6 Å². The minimum Gasteiger partial charge on any atom is -0.356 e. The van der Waals surface area contributed by atoms with Crippen LogP contribution in [0, 0.1) is 5.92 Å². The van der Waals surface area contributed by atoms with Crippen LogP contribution in [0.1, 0.15) is 23.3 Å². The Kier molecular flexibility index (Phi) is 2.64. The molecule has 6 heteroatoms. The molecule has 0 aromatic carbocycles. The monoisotopic (exact) mass is 227 g/mol. The van der Waals surface area contributed by atoms with Crippen LogP contribution in [0.4, 0.5) is 0 Å². The first-order valence-corrected chi connectivity index (χ1v) is 4.99. The van der Waals surface area contributed by atoms with E-state index in [-0.39, 0.29) is 11.8 Å². The average molecular weight is 228 g/mol. The lowest BCUT2D eigenvalue weighted by Crippen LogP contribution is -2.42. The summed E-state index contributed by atoms with van der Waals surface area (Å²) < 4.78 is 0. The molecule has 0 radical (unpaired) electrons. The van der Waals surface area contributed by atoms with Crippen molar-refractivity contribution in [1.29, 1.82) is 0 Å². The van der Waals surface area contributed by atoms with E-state index in [2.05, 4.69) is 15.8 Å². The van der Waals surface area contributed by atoms with Gasteiger partial charge < -0.3 is 4.98 Å². The van der Waals surface area contributed by atoms with Crippen molar-refractivity contribution in [1.82, 2.24) is 15.8 Å². The molecule has 1 aromatic heterocycles. The lowest BCUT2D eigenvalue weighted by atomic mass is 10.4. The smallest absolute Gasteiger partial charge is 0.286 e. The molecule has 1 aliphatic rings. The maximum absolute atomic E-state index is 11.4. The molecule has 1 fully saturated rings. The topological polar surface area (TPSA) is 74.0 Å². The summed E-state index contributed by atoms with van der Waals surface area (Å²) in [5.74, 6) is -0.477. The number of aromatic amines is 1. The molecule has 1 saturated carbocycles. The van der Waals surface area contributed by atoms with Crippen LogP contribution in [0.5, 0.6) is 0 Å². The zero-order valence-electron chi connectivity index (χ0n) is 7.84. The first-order valence-electron chi connectivity index (χ1n) is 4.61. The van der Waals surface area contributed by atoms with Crippen molar-refractivity contribution in [3.8, 4) is 0 Å². The third kappa shape index (κ3) is 2.50. The number of carbonyl (C=O) groups is 2. The van der Waals surface area contributed by atoms with Crippen molar-refractivity contribution >= 4 is 23.4 Å². The van der Waals surface area contributed by atoms with Gasteiger partial charge in [-0.05, 0) is 18.9 Å². The van der Waals surface area contributed by atoms with Crippen molar-refractivity contribution in [2.45, 2.75) is 12.8 Å². The van der Waals surface area contributed by atoms with Gasteiger partial charge in [-0.25, -0.2) is 0 Å². The number of hydrogen-bond donors (Lipinski definition) is 3. The van der Waals surface area contributed by atoms with Gasteiger partial charge in [0.1, 0.15) is 5.69 Å². The predicted molar refractivity (Wildman–Crippen MR) is 54.1 cm³/mol. The van der Waals surface area contributed by atoms with Gasteiger partial charge in [-0.2, -0.15) is 0 Å². The predicted octanol–water partition coefficient (Wildman–Crippen LogP) is 0.839. The molecule has 0 saturated heterocycles. The van der Waals surface area contributed by atoms with Gasteiger partial charge in [0.05, 0.1) is 5.02 Å². The quantitative estimate of drug-likeness (QED) is 0.655. The summed E-state index contributed by atoms with van der Waals surface area (Å²) in [6, 6.07) is 1.49. The molecule has 2 rings (SSSR count). The van der Waals surface area contributed by atoms with Crippen molar-refractivity contribution in [2.75, 3.05) is 0 Å². The number of halogens is 1. The Bertz CT molecular complexity index is 398. The highest BCUT2D eigenvalue weighted by molar-refractivity contribution is 6.30. The Morgan fingerprint density at radius 3 is 2.67 bits per heavy atom. The molecule has 80 valence electrons. The summed E-state index contributed by atoms with van der Waals surface area (Å²) in [5.41, 5.74) is 4.97. The average Bonchev–Trinajstić information content (AvgIpc) is 2.97. The Labute approximate surface area is 91.2 Å². The van der Waals surface area contributed by atoms with E-state index in [1.807, 2.05) is 0 Å². The normalized spacial score (nSPS) is 14.7. The highest BCUT2D eigenvalue weighted by atomic mass is 35.5. The highest BCUT2D eigenvalue weighted by Gasteiger charge is 2.29. The van der Waals surface area contributed by atoms with Crippen molar-refractivity contribution in [2.24, 2.45) is 5.92 Å². The van der Waals surface area contributed by atoms with Gasteiger partial charge in [0.2, 0.25) is 5.91 Å². The SMILES string of the molecule is O=C(NNC(=O)C1CC1)c1cc(Cl)c[nH]1. The van der Waals surface area contributed by atoms with E-state index in [0.717, 1.165) is 12.8 Å². The lowest BCUT2D eigenvalue weighted by Gasteiger charge is -2.04. The fraction of sp³-hybridized carbons (Fsp3) is 0.333. The van der Waals surface area contributed by atoms with E-state index in [4.69, 9.17) is 11.6 Å². The standard InChI is InChI=1S/C9H10ClN3O2/c10-6-3-7(11-4-6)9(15)13-12-8(14)5-1-2-5/h3-5,11H,1-2H2,(H,12,14)(H,13,15). The van der Waals surface area contributed by atoms with Gasteiger partial charge in [0.15, 0.2) is 0 Å². The van der Waals surface area contributed by atoms with Gasteiger partial charge >= 0.3 is 0 Å². The minimum absolute atomic E-state index is 0.0672. The molecular weight excluding hydrogens is 218 g/mol. The molecule has 3 N–H and O–H groups in total. The number of hydrogen-bond acceptors (Lipinski definition) is 2. The second kappa shape index (κ2) is 3.94. The number of H-pyrrole nitrogens is 1. The summed E-state index contributed by atoms with van der Waals surface area (Å²) >= 11 is 5.63. The second-order valence-electron chi connectivity index (χ2n) is 3.45. The van der Waals surface area contributed by atoms with Crippen molar-refractivity contribution < 1.29 is 9.59 Å². The molecule has 0 unspecified atom stereocenters. The number of rotatable bonds is 2. The fourth-order valence-corrected chi connectivity index (χ4v) is 1.30. The summed E-state index contributed by atoms with van der Waals surface area (Å²) in [6.07, 6.45) is 3.30. The van der Waals surface area contributed by atoms with Crippen LogP contribution >= 0.6 is 11.6 Å². The highest BCUT2D eigenvalue weighted by Crippen LogP contribution is 2.28. The van der Waals surface area contributed by atoms with Crippen LogP contribution in [0.2, 0.25) is 5.02 Å². The van der Waals surface area contributed by atoms with Crippen LogP contribution in [-0.4, -0.2) is 16.8 Å².